The van der Waals surface area contributed by atoms with Gasteiger partial charge < -0.3 is 4.98 Å². The molecule has 0 amide bonds. The van der Waals surface area contributed by atoms with Gasteiger partial charge in [0.1, 0.15) is 5.82 Å². The summed E-state index contributed by atoms with van der Waals surface area (Å²) in [7, 11) is 2.27. The average molecular weight is 434 g/mol. The van der Waals surface area contributed by atoms with Gasteiger partial charge in [0.05, 0.1) is 17.9 Å². The third-order valence-electron chi connectivity index (χ3n) is 7.22. The second-order valence-corrected chi connectivity index (χ2v) is 9.61. The molecule has 3 aliphatic rings. The van der Waals surface area contributed by atoms with Gasteiger partial charge in [0.15, 0.2) is 0 Å². The van der Waals surface area contributed by atoms with Crippen LogP contribution in [0.1, 0.15) is 42.3 Å². The van der Waals surface area contributed by atoms with Crippen molar-refractivity contribution in [3.8, 4) is 22.4 Å². The molecule has 3 aromatic rings. The predicted octanol–water partition coefficient (Wildman–Crippen LogP) is 5.76. The summed E-state index contributed by atoms with van der Waals surface area (Å²) < 4.78 is 1.17. The summed E-state index contributed by atoms with van der Waals surface area (Å²) in [5.74, 6) is 1.92. The molecule has 2 unspecified atom stereocenters. The van der Waals surface area contributed by atoms with Crippen molar-refractivity contribution in [2.45, 2.75) is 44.2 Å². The van der Waals surface area contributed by atoms with E-state index in [9.17, 15) is 0 Å². The molecule has 1 aromatic heterocycles. The van der Waals surface area contributed by atoms with Gasteiger partial charge in [0.25, 0.3) is 0 Å². The van der Waals surface area contributed by atoms with Crippen LogP contribution in [0.5, 0.6) is 0 Å². The Balaban J connectivity index is 1.34. The van der Waals surface area contributed by atoms with E-state index in [4.69, 9.17) is 4.98 Å². The Morgan fingerprint density at radius 3 is 2.61 bits per heavy atom. The SMILES string of the molecule is CN1C2CC[C@@H](C2)C1c1ncc(-c2ccc3c(c2)CCc2cc(Br)ccc2-3)[nH]1. The first kappa shape index (κ1) is 17.0. The summed E-state index contributed by atoms with van der Waals surface area (Å²) >= 11 is 3.60. The Hall–Kier alpha value is -1.91. The minimum atomic E-state index is 0.468. The fourth-order valence-corrected chi connectivity index (χ4v) is 6.20. The number of hydrogen-bond donors (Lipinski definition) is 1. The van der Waals surface area contributed by atoms with Crippen LogP contribution < -0.4 is 0 Å². The molecule has 28 heavy (non-hydrogen) atoms. The highest BCUT2D eigenvalue weighted by Gasteiger charge is 2.45. The van der Waals surface area contributed by atoms with E-state index in [1.807, 2.05) is 6.20 Å². The van der Waals surface area contributed by atoms with Gasteiger partial charge in [-0.2, -0.15) is 0 Å². The van der Waals surface area contributed by atoms with Crippen molar-refractivity contribution >= 4 is 15.9 Å². The van der Waals surface area contributed by atoms with E-state index in [0.717, 1.165) is 36.3 Å². The third-order valence-corrected chi connectivity index (χ3v) is 7.71. The van der Waals surface area contributed by atoms with E-state index in [2.05, 4.69) is 69.3 Å². The highest BCUT2D eigenvalue weighted by molar-refractivity contribution is 9.10. The molecule has 2 aromatic carbocycles. The van der Waals surface area contributed by atoms with E-state index in [0.29, 0.717) is 6.04 Å². The number of halogens is 1. The highest BCUT2D eigenvalue weighted by Crippen LogP contribution is 2.48. The molecule has 0 radical (unpaired) electrons. The van der Waals surface area contributed by atoms with Gasteiger partial charge in [-0.1, -0.05) is 34.1 Å². The molecule has 1 aliphatic heterocycles. The molecule has 1 saturated carbocycles. The number of piperidine rings is 1. The van der Waals surface area contributed by atoms with Gasteiger partial charge >= 0.3 is 0 Å². The molecule has 1 N–H and O–H groups in total. The Morgan fingerprint density at radius 2 is 1.82 bits per heavy atom. The molecule has 2 bridgehead atoms. The fourth-order valence-electron chi connectivity index (χ4n) is 5.79. The van der Waals surface area contributed by atoms with E-state index in [-0.39, 0.29) is 0 Å². The van der Waals surface area contributed by atoms with Crippen LogP contribution in [0, 0.1) is 5.92 Å². The Labute approximate surface area is 174 Å². The largest absolute Gasteiger partial charge is 0.341 e. The zero-order valence-corrected chi connectivity index (χ0v) is 17.7. The molecule has 0 spiro atoms. The molecule has 6 rings (SSSR count). The van der Waals surface area contributed by atoms with Gasteiger partial charge in [-0.25, -0.2) is 4.98 Å². The quantitative estimate of drug-likeness (QED) is 0.556. The maximum atomic E-state index is 4.80. The van der Waals surface area contributed by atoms with E-state index in [1.165, 1.54) is 51.6 Å². The van der Waals surface area contributed by atoms with E-state index in [1.54, 1.807) is 0 Å². The maximum absolute atomic E-state index is 4.80. The van der Waals surface area contributed by atoms with Crippen LogP contribution >= 0.6 is 15.9 Å². The van der Waals surface area contributed by atoms with E-state index >= 15 is 0 Å². The number of H-pyrrole nitrogens is 1. The first-order valence-corrected chi connectivity index (χ1v) is 11.2. The van der Waals surface area contributed by atoms with Crippen LogP contribution in [-0.4, -0.2) is 28.0 Å². The van der Waals surface area contributed by atoms with Gasteiger partial charge in [-0.3, -0.25) is 4.90 Å². The highest BCUT2D eigenvalue weighted by atomic mass is 79.9. The van der Waals surface area contributed by atoms with Crippen molar-refractivity contribution in [2.75, 3.05) is 7.05 Å². The van der Waals surface area contributed by atoms with Gasteiger partial charge in [-0.15, -0.1) is 0 Å². The van der Waals surface area contributed by atoms with Crippen LogP contribution in [0.25, 0.3) is 22.4 Å². The lowest BCUT2D eigenvalue weighted by atomic mass is 9.84. The first-order valence-electron chi connectivity index (χ1n) is 10.4. The van der Waals surface area contributed by atoms with Crippen LogP contribution in [0.4, 0.5) is 0 Å². The number of nitrogens with zero attached hydrogens (tertiary/aromatic N) is 2. The van der Waals surface area contributed by atoms with Crippen molar-refractivity contribution < 1.29 is 0 Å². The molecule has 3 atom stereocenters. The normalized spacial score (nSPS) is 25.7. The van der Waals surface area contributed by atoms with Crippen molar-refractivity contribution in [1.29, 1.82) is 0 Å². The zero-order valence-electron chi connectivity index (χ0n) is 16.1. The van der Waals surface area contributed by atoms with Crippen molar-refractivity contribution in [3.63, 3.8) is 0 Å². The summed E-state index contributed by atoms with van der Waals surface area (Å²) in [5, 5.41) is 0. The Morgan fingerprint density at radius 1 is 1.04 bits per heavy atom. The minimum Gasteiger partial charge on any atom is -0.341 e. The van der Waals surface area contributed by atoms with Gasteiger partial charge in [0, 0.05) is 10.5 Å². The smallest absolute Gasteiger partial charge is 0.124 e. The number of rotatable bonds is 2. The lowest BCUT2D eigenvalue weighted by molar-refractivity contribution is 0.171. The molecule has 2 aliphatic carbocycles. The summed E-state index contributed by atoms with van der Waals surface area (Å²) in [6, 6.07) is 14.8. The number of aryl methyl sites for hydroxylation is 2. The fraction of sp³-hybridized carbons (Fsp3) is 0.375. The van der Waals surface area contributed by atoms with Crippen LogP contribution in [0.2, 0.25) is 0 Å². The summed E-state index contributed by atoms with van der Waals surface area (Å²) in [6.45, 7) is 0. The average Bonchev–Trinajstić information content (AvgIpc) is 3.43. The number of imidazole rings is 1. The standard InChI is InChI=1S/C24H24BrN3/c1-28-19-7-4-17(12-19)23(28)24-26-13-22(27-24)16-5-8-20-14(10-16)2-3-15-11-18(25)6-9-21(15)20/h5-6,8-11,13,17,19,23H,2-4,7,12H2,1H3,(H,26,27)/t17-,19?,23?/m0/s1. The lowest BCUT2D eigenvalue weighted by Gasteiger charge is -2.30. The number of aromatic amines is 1. The monoisotopic (exact) mass is 433 g/mol. The Kier molecular flexibility index (Phi) is 3.82. The molecule has 3 nitrogen and oxygen atoms in total. The van der Waals surface area contributed by atoms with Crippen molar-refractivity contribution in [2.24, 2.45) is 5.92 Å². The van der Waals surface area contributed by atoms with Crippen molar-refractivity contribution in [1.82, 2.24) is 14.9 Å². The van der Waals surface area contributed by atoms with Crippen LogP contribution in [-0.2, 0) is 12.8 Å². The second kappa shape index (κ2) is 6.30. The molecule has 2 heterocycles. The summed E-state index contributed by atoms with van der Waals surface area (Å²) in [6.07, 6.45) is 8.28. The Bertz CT molecular complexity index is 1070. The molecule has 4 heteroatoms. The van der Waals surface area contributed by atoms with Crippen LogP contribution in [0.15, 0.2) is 47.1 Å². The number of nitrogens with one attached hydrogen (secondary N) is 1. The minimum absolute atomic E-state index is 0.468. The maximum Gasteiger partial charge on any atom is 0.124 e. The molecular weight excluding hydrogens is 410 g/mol. The van der Waals surface area contributed by atoms with Gasteiger partial charge in [-0.05, 0) is 91.1 Å². The van der Waals surface area contributed by atoms with Gasteiger partial charge in [0.2, 0.25) is 0 Å². The van der Waals surface area contributed by atoms with Crippen LogP contribution in [0.3, 0.4) is 0 Å². The zero-order chi connectivity index (χ0) is 18.8. The first-order chi connectivity index (χ1) is 13.7. The number of likely N-dealkylation sites (tertiary alicyclic amines) is 1. The number of aromatic nitrogens is 2. The molecular formula is C24H24BrN3. The van der Waals surface area contributed by atoms with E-state index < -0.39 is 0 Å². The number of hydrogen-bond acceptors (Lipinski definition) is 2. The summed E-state index contributed by atoms with van der Waals surface area (Å²) in [5.41, 5.74) is 8.05. The topological polar surface area (TPSA) is 31.9 Å². The van der Waals surface area contributed by atoms with Crippen molar-refractivity contribution in [3.05, 3.63) is 64.0 Å². The number of benzene rings is 2. The summed E-state index contributed by atoms with van der Waals surface area (Å²) in [4.78, 5) is 11.0. The lowest BCUT2D eigenvalue weighted by Crippen LogP contribution is -2.32. The third kappa shape index (κ3) is 2.54. The predicted molar refractivity (Wildman–Crippen MR) is 116 cm³/mol. The molecule has 2 fully saturated rings. The number of fused-ring (bicyclic) bond motifs is 5. The molecule has 1 saturated heterocycles. The molecule has 142 valence electrons. The second-order valence-electron chi connectivity index (χ2n) is 8.69.